The highest BCUT2D eigenvalue weighted by Crippen LogP contribution is 2.21. The van der Waals surface area contributed by atoms with Gasteiger partial charge in [-0.1, -0.05) is 22.0 Å². The fraction of sp³-hybridized carbons (Fsp3) is 0.167. The molecule has 0 aliphatic rings. The molecular formula is C12H13BrN2O3. The minimum atomic E-state index is -1.12. The van der Waals surface area contributed by atoms with Crippen molar-refractivity contribution >= 4 is 33.5 Å². The van der Waals surface area contributed by atoms with Gasteiger partial charge in [0.1, 0.15) is 0 Å². The lowest BCUT2D eigenvalue weighted by atomic mass is 10.1. The number of carboxylic acids is 1. The number of nitrogens with two attached hydrogens (primary N) is 1. The van der Waals surface area contributed by atoms with E-state index in [9.17, 15) is 9.59 Å². The van der Waals surface area contributed by atoms with Gasteiger partial charge >= 0.3 is 5.97 Å². The van der Waals surface area contributed by atoms with Gasteiger partial charge < -0.3 is 16.2 Å². The second kappa shape index (κ2) is 6.32. The molecule has 0 saturated heterocycles. The van der Waals surface area contributed by atoms with Gasteiger partial charge in [0, 0.05) is 4.47 Å². The number of carbonyl (C=O) groups excluding carboxylic acids is 1. The first-order valence-electron chi connectivity index (χ1n) is 5.16. The van der Waals surface area contributed by atoms with Crippen molar-refractivity contribution in [3.8, 4) is 0 Å². The van der Waals surface area contributed by atoms with Crippen molar-refractivity contribution in [1.29, 1.82) is 0 Å². The summed E-state index contributed by atoms with van der Waals surface area (Å²) in [6.07, 6.45) is 1.86. The Labute approximate surface area is 113 Å². The number of aromatic carboxylic acids is 1. The summed E-state index contributed by atoms with van der Waals surface area (Å²) in [5.74, 6) is -1.57. The molecule has 0 bridgehead atoms. The predicted molar refractivity (Wildman–Crippen MR) is 72.5 cm³/mol. The van der Waals surface area contributed by atoms with Gasteiger partial charge in [0.2, 0.25) is 5.91 Å². The molecule has 0 spiro atoms. The number of amides is 1. The van der Waals surface area contributed by atoms with Gasteiger partial charge in [0.05, 0.1) is 17.3 Å². The minimum absolute atomic E-state index is 0.00327. The number of carbonyl (C=O) groups is 2. The lowest BCUT2D eigenvalue weighted by Crippen LogP contribution is -2.35. The van der Waals surface area contributed by atoms with Crippen LogP contribution in [0.15, 0.2) is 35.3 Å². The van der Waals surface area contributed by atoms with Crippen molar-refractivity contribution in [3.63, 3.8) is 0 Å². The molecule has 4 N–H and O–H groups in total. The Morgan fingerprint density at radius 2 is 2.22 bits per heavy atom. The van der Waals surface area contributed by atoms with E-state index in [0.717, 1.165) is 0 Å². The molecule has 0 radical (unpaired) electrons. The topological polar surface area (TPSA) is 92.4 Å². The van der Waals surface area contributed by atoms with Crippen molar-refractivity contribution in [2.75, 3.05) is 5.32 Å². The van der Waals surface area contributed by atoms with Crippen molar-refractivity contribution in [1.82, 2.24) is 0 Å². The van der Waals surface area contributed by atoms with Crippen molar-refractivity contribution in [3.05, 3.63) is 40.9 Å². The van der Waals surface area contributed by atoms with Gasteiger partial charge in [-0.25, -0.2) is 4.79 Å². The average molecular weight is 313 g/mol. The molecular weight excluding hydrogens is 300 g/mol. The summed E-state index contributed by atoms with van der Waals surface area (Å²) in [7, 11) is 0. The predicted octanol–water partition coefficient (Wildman–Crippen LogP) is 1.99. The quantitative estimate of drug-likeness (QED) is 0.725. The zero-order valence-electron chi connectivity index (χ0n) is 9.52. The van der Waals surface area contributed by atoms with E-state index in [4.69, 9.17) is 10.8 Å². The van der Waals surface area contributed by atoms with Crippen LogP contribution in [0.1, 0.15) is 16.8 Å². The van der Waals surface area contributed by atoms with Crippen molar-refractivity contribution in [2.24, 2.45) is 5.73 Å². The molecule has 0 aliphatic heterocycles. The number of carboxylic acid groups (broad SMARTS) is 1. The van der Waals surface area contributed by atoms with Crippen LogP contribution in [-0.4, -0.2) is 23.0 Å². The van der Waals surface area contributed by atoms with Gasteiger partial charge in [-0.05, 0) is 24.6 Å². The largest absolute Gasteiger partial charge is 0.478 e. The Morgan fingerprint density at radius 3 is 2.78 bits per heavy atom. The van der Waals surface area contributed by atoms with Gasteiger partial charge in [-0.15, -0.1) is 6.58 Å². The molecule has 1 aromatic rings. The van der Waals surface area contributed by atoms with Crippen LogP contribution in [0.2, 0.25) is 0 Å². The normalized spacial score (nSPS) is 11.7. The first-order valence-corrected chi connectivity index (χ1v) is 5.95. The maximum Gasteiger partial charge on any atom is 0.337 e. The number of anilines is 1. The van der Waals surface area contributed by atoms with E-state index in [0.29, 0.717) is 10.9 Å². The molecule has 0 fully saturated rings. The van der Waals surface area contributed by atoms with Crippen molar-refractivity contribution < 1.29 is 14.7 Å². The number of hydrogen-bond donors (Lipinski definition) is 3. The van der Waals surface area contributed by atoms with Crippen LogP contribution in [0.4, 0.5) is 5.69 Å². The summed E-state index contributed by atoms with van der Waals surface area (Å²) in [6.45, 7) is 3.49. The average Bonchev–Trinajstić information content (AvgIpc) is 2.31. The summed E-state index contributed by atoms with van der Waals surface area (Å²) in [6, 6.07) is 3.82. The van der Waals surface area contributed by atoms with Crippen molar-refractivity contribution in [2.45, 2.75) is 12.5 Å². The van der Waals surface area contributed by atoms with E-state index < -0.39 is 17.9 Å². The molecule has 0 saturated carbocycles. The van der Waals surface area contributed by atoms with Crippen LogP contribution in [0, 0.1) is 0 Å². The van der Waals surface area contributed by atoms with Crippen LogP contribution in [0.25, 0.3) is 0 Å². The highest BCUT2D eigenvalue weighted by molar-refractivity contribution is 9.10. The molecule has 6 heteroatoms. The summed E-state index contributed by atoms with van der Waals surface area (Å²) >= 11 is 3.17. The van der Waals surface area contributed by atoms with Gasteiger partial charge in [0.15, 0.2) is 0 Å². The standard InChI is InChI=1S/C12H13BrN2O3/c1-2-3-9(14)11(16)15-10-5-4-7(13)6-8(10)12(17)18/h2,4-6,9H,1,3,14H2,(H,15,16)(H,17,18). The SMILES string of the molecule is C=CCC(N)C(=O)Nc1ccc(Br)cc1C(=O)O. The molecule has 1 amide bonds. The molecule has 0 heterocycles. The van der Waals surface area contributed by atoms with E-state index >= 15 is 0 Å². The maximum atomic E-state index is 11.7. The number of benzene rings is 1. The van der Waals surface area contributed by atoms with E-state index in [1.165, 1.54) is 18.2 Å². The fourth-order valence-electron chi connectivity index (χ4n) is 1.31. The van der Waals surface area contributed by atoms with E-state index in [-0.39, 0.29) is 11.3 Å². The third-order valence-electron chi connectivity index (χ3n) is 2.23. The highest BCUT2D eigenvalue weighted by atomic mass is 79.9. The zero-order chi connectivity index (χ0) is 13.7. The minimum Gasteiger partial charge on any atom is -0.478 e. The van der Waals surface area contributed by atoms with Crippen LogP contribution in [0.3, 0.4) is 0 Å². The van der Waals surface area contributed by atoms with Crippen LogP contribution in [-0.2, 0) is 4.79 Å². The Hall–Kier alpha value is -1.66. The summed E-state index contributed by atoms with van der Waals surface area (Å²) in [4.78, 5) is 22.7. The number of nitrogens with one attached hydrogen (secondary N) is 1. The Bertz CT molecular complexity index is 488. The Morgan fingerprint density at radius 1 is 1.56 bits per heavy atom. The third-order valence-corrected chi connectivity index (χ3v) is 2.72. The van der Waals surface area contributed by atoms with Crippen LogP contribution in [0.5, 0.6) is 0 Å². The van der Waals surface area contributed by atoms with Gasteiger partial charge in [0.25, 0.3) is 0 Å². The maximum absolute atomic E-state index is 11.7. The van der Waals surface area contributed by atoms with E-state index in [2.05, 4.69) is 27.8 Å². The molecule has 18 heavy (non-hydrogen) atoms. The third kappa shape index (κ3) is 3.68. The Balaban J connectivity index is 2.93. The number of halogens is 1. The Kier molecular flexibility index (Phi) is 5.06. The molecule has 96 valence electrons. The number of rotatable bonds is 5. The lowest BCUT2D eigenvalue weighted by Gasteiger charge is -2.12. The monoisotopic (exact) mass is 312 g/mol. The smallest absolute Gasteiger partial charge is 0.337 e. The molecule has 1 unspecified atom stereocenters. The molecule has 0 aromatic heterocycles. The molecule has 5 nitrogen and oxygen atoms in total. The highest BCUT2D eigenvalue weighted by Gasteiger charge is 2.16. The van der Waals surface area contributed by atoms with Crippen LogP contribution >= 0.6 is 15.9 Å². The summed E-state index contributed by atoms with van der Waals surface area (Å²) in [5, 5.41) is 11.5. The molecule has 1 aromatic carbocycles. The second-order valence-corrected chi connectivity index (χ2v) is 4.53. The fourth-order valence-corrected chi connectivity index (χ4v) is 1.68. The van der Waals surface area contributed by atoms with Gasteiger partial charge in [-0.3, -0.25) is 4.79 Å². The summed E-state index contributed by atoms with van der Waals surface area (Å²) < 4.78 is 0.619. The van der Waals surface area contributed by atoms with E-state index in [1.54, 1.807) is 6.07 Å². The van der Waals surface area contributed by atoms with E-state index in [1.807, 2.05) is 0 Å². The second-order valence-electron chi connectivity index (χ2n) is 3.62. The first kappa shape index (κ1) is 14.4. The molecule has 1 rings (SSSR count). The zero-order valence-corrected chi connectivity index (χ0v) is 11.1. The van der Waals surface area contributed by atoms with Gasteiger partial charge in [-0.2, -0.15) is 0 Å². The van der Waals surface area contributed by atoms with Crippen LogP contribution < -0.4 is 11.1 Å². The lowest BCUT2D eigenvalue weighted by molar-refractivity contribution is -0.117. The summed E-state index contributed by atoms with van der Waals surface area (Å²) in [5.41, 5.74) is 5.81. The first-order chi connectivity index (χ1) is 8.45. The molecule has 0 aliphatic carbocycles. The number of hydrogen-bond acceptors (Lipinski definition) is 3. The molecule has 1 atom stereocenters.